The Labute approximate surface area is 122 Å². The number of hydrogen-bond acceptors (Lipinski definition) is 4. The number of amides is 1. The van der Waals surface area contributed by atoms with Gasteiger partial charge in [0.05, 0.1) is 17.5 Å². The van der Waals surface area contributed by atoms with Gasteiger partial charge in [-0.25, -0.2) is 4.98 Å². The van der Waals surface area contributed by atoms with Crippen molar-refractivity contribution in [1.82, 2.24) is 4.98 Å². The Bertz CT molecular complexity index is 512. The molecule has 1 amide bonds. The van der Waals surface area contributed by atoms with Crippen LogP contribution >= 0.6 is 11.3 Å². The predicted octanol–water partition coefficient (Wildman–Crippen LogP) is 2.95. The van der Waals surface area contributed by atoms with Gasteiger partial charge in [0.2, 0.25) is 5.91 Å². The van der Waals surface area contributed by atoms with Crippen LogP contribution in [0.1, 0.15) is 45.2 Å². The van der Waals surface area contributed by atoms with Crippen molar-refractivity contribution in [3.63, 3.8) is 0 Å². The highest BCUT2D eigenvalue weighted by atomic mass is 32.1. The molecule has 2 rings (SSSR count). The van der Waals surface area contributed by atoms with Gasteiger partial charge >= 0.3 is 5.97 Å². The number of carbonyl (C=O) groups excluding carboxylic acids is 1. The Kier molecular flexibility index (Phi) is 4.42. The Hall–Kier alpha value is -1.43. The molecule has 20 heavy (non-hydrogen) atoms. The molecule has 5 nitrogen and oxygen atoms in total. The smallest absolute Gasteiger partial charge is 0.307 e. The maximum Gasteiger partial charge on any atom is 0.307 e. The van der Waals surface area contributed by atoms with Crippen molar-refractivity contribution in [2.24, 2.45) is 17.8 Å². The molecule has 110 valence electrons. The Morgan fingerprint density at radius 2 is 2.05 bits per heavy atom. The van der Waals surface area contributed by atoms with Gasteiger partial charge in [-0.05, 0) is 24.7 Å². The lowest BCUT2D eigenvalue weighted by Gasteiger charge is -2.14. The SMILES string of the molecule is CC1C[C@H](C(=O)Nc2nc(C(C)C)cs2)[C@H](C(=O)O)C1. The van der Waals surface area contributed by atoms with Crippen molar-refractivity contribution in [2.75, 3.05) is 5.32 Å². The quantitative estimate of drug-likeness (QED) is 0.895. The molecule has 1 heterocycles. The first-order valence-electron chi connectivity index (χ1n) is 6.87. The van der Waals surface area contributed by atoms with E-state index >= 15 is 0 Å². The van der Waals surface area contributed by atoms with Gasteiger partial charge in [-0.15, -0.1) is 11.3 Å². The molecule has 1 aromatic rings. The number of hydrogen-bond donors (Lipinski definition) is 2. The zero-order valence-corrected chi connectivity index (χ0v) is 12.7. The van der Waals surface area contributed by atoms with E-state index in [1.54, 1.807) is 0 Å². The van der Waals surface area contributed by atoms with Crippen molar-refractivity contribution in [3.8, 4) is 0 Å². The van der Waals surface area contributed by atoms with Gasteiger partial charge in [-0.1, -0.05) is 20.8 Å². The number of carboxylic acids is 1. The van der Waals surface area contributed by atoms with Crippen LogP contribution in [0.4, 0.5) is 5.13 Å². The van der Waals surface area contributed by atoms with Gasteiger partial charge in [0.15, 0.2) is 5.13 Å². The number of nitrogens with zero attached hydrogens (tertiary/aromatic N) is 1. The monoisotopic (exact) mass is 296 g/mol. The minimum absolute atomic E-state index is 0.216. The number of nitrogens with one attached hydrogen (secondary N) is 1. The molecule has 1 aliphatic carbocycles. The number of rotatable bonds is 4. The fourth-order valence-corrected chi connectivity index (χ4v) is 3.54. The average molecular weight is 296 g/mol. The lowest BCUT2D eigenvalue weighted by Crippen LogP contribution is -2.29. The van der Waals surface area contributed by atoms with E-state index in [9.17, 15) is 14.7 Å². The molecule has 6 heteroatoms. The Balaban J connectivity index is 2.05. The highest BCUT2D eigenvalue weighted by molar-refractivity contribution is 7.13. The summed E-state index contributed by atoms with van der Waals surface area (Å²) in [4.78, 5) is 27.8. The Morgan fingerprint density at radius 1 is 1.40 bits per heavy atom. The molecule has 0 spiro atoms. The minimum Gasteiger partial charge on any atom is -0.481 e. The number of aromatic nitrogens is 1. The van der Waals surface area contributed by atoms with E-state index in [1.807, 2.05) is 26.2 Å². The highest BCUT2D eigenvalue weighted by Gasteiger charge is 2.41. The van der Waals surface area contributed by atoms with E-state index in [4.69, 9.17) is 0 Å². The fraction of sp³-hybridized carbons (Fsp3) is 0.643. The zero-order chi connectivity index (χ0) is 14.9. The third kappa shape index (κ3) is 3.17. The van der Waals surface area contributed by atoms with E-state index < -0.39 is 17.8 Å². The largest absolute Gasteiger partial charge is 0.481 e. The summed E-state index contributed by atoms with van der Waals surface area (Å²) in [6.07, 6.45) is 1.20. The van der Waals surface area contributed by atoms with E-state index in [0.29, 0.717) is 23.9 Å². The first-order valence-corrected chi connectivity index (χ1v) is 7.75. The van der Waals surface area contributed by atoms with Gasteiger partial charge in [-0.3, -0.25) is 9.59 Å². The van der Waals surface area contributed by atoms with E-state index in [0.717, 1.165) is 5.69 Å². The molecule has 0 bridgehead atoms. The summed E-state index contributed by atoms with van der Waals surface area (Å²) in [6.45, 7) is 6.07. The molecule has 1 saturated carbocycles. The van der Waals surface area contributed by atoms with E-state index in [2.05, 4.69) is 10.3 Å². The molecule has 0 radical (unpaired) electrons. The molecule has 1 unspecified atom stereocenters. The lowest BCUT2D eigenvalue weighted by molar-refractivity contribution is -0.145. The lowest BCUT2D eigenvalue weighted by atomic mass is 9.95. The standard InChI is InChI=1S/C14H20N2O3S/c1-7(2)11-6-20-14(15-11)16-12(17)9-4-8(3)5-10(9)13(18)19/h6-10H,4-5H2,1-3H3,(H,18,19)(H,15,16,17)/t8?,9-,10+/m0/s1. The van der Waals surface area contributed by atoms with Gasteiger partial charge in [0.25, 0.3) is 0 Å². The molecule has 0 saturated heterocycles. The van der Waals surface area contributed by atoms with Crippen LogP contribution in [-0.4, -0.2) is 22.0 Å². The summed E-state index contributed by atoms with van der Waals surface area (Å²) in [6, 6.07) is 0. The van der Waals surface area contributed by atoms with Crippen LogP contribution in [0.5, 0.6) is 0 Å². The predicted molar refractivity (Wildman–Crippen MR) is 77.8 cm³/mol. The van der Waals surface area contributed by atoms with Crippen LogP contribution in [0.15, 0.2) is 5.38 Å². The molecule has 1 aromatic heterocycles. The Morgan fingerprint density at radius 3 is 2.60 bits per heavy atom. The van der Waals surface area contributed by atoms with Crippen LogP contribution in [0.3, 0.4) is 0 Å². The van der Waals surface area contributed by atoms with Crippen molar-refractivity contribution in [2.45, 2.75) is 39.5 Å². The van der Waals surface area contributed by atoms with Gasteiger partial charge in [0, 0.05) is 5.38 Å². The molecule has 0 aliphatic heterocycles. The number of carbonyl (C=O) groups is 2. The third-order valence-electron chi connectivity index (χ3n) is 3.80. The van der Waals surface area contributed by atoms with E-state index in [1.165, 1.54) is 11.3 Å². The van der Waals surface area contributed by atoms with E-state index in [-0.39, 0.29) is 11.8 Å². The summed E-state index contributed by atoms with van der Waals surface area (Å²) in [5.74, 6) is -1.53. The molecule has 1 aliphatic rings. The molecule has 0 aromatic carbocycles. The number of carboxylic acid groups (broad SMARTS) is 1. The highest BCUT2D eigenvalue weighted by Crippen LogP contribution is 2.37. The minimum atomic E-state index is -0.878. The number of aliphatic carboxylic acids is 1. The van der Waals surface area contributed by atoms with Crippen molar-refractivity contribution >= 4 is 28.3 Å². The molecule has 2 N–H and O–H groups in total. The molecular formula is C14H20N2O3S. The maximum atomic E-state index is 12.2. The van der Waals surface area contributed by atoms with Gasteiger partial charge in [-0.2, -0.15) is 0 Å². The molecule has 3 atom stereocenters. The second kappa shape index (κ2) is 5.91. The van der Waals surface area contributed by atoms with Crippen molar-refractivity contribution < 1.29 is 14.7 Å². The second-order valence-electron chi connectivity index (χ2n) is 5.85. The summed E-state index contributed by atoms with van der Waals surface area (Å²) < 4.78 is 0. The number of thiazole rings is 1. The van der Waals surface area contributed by atoms with Gasteiger partial charge in [0.1, 0.15) is 0 Å². The van der Waals surface area contributed by atoms with Crippen LogP contribution in [0, 0.1) is 17.8 Å². The molecule has 1 fully saturated rings. The van der Waals surface area contributed by atoms with Crippen LogP contribution in [0.25, 0.3) is 0 Å². The normalized spacial score (nSPS) is 25.9. The van der Waals surface area contributed by atoms with Crippen LogP contribution in [-0.2, 0) is 9.59 Å². The first-order chi connectivity index (χ1) is 9.38. The van der Waals surface area contributed by atoms with Crippen molar-refractivity contribution in [1.29, 1.82) is 0 Å². The van der Waals surface area contributed by atoms with Crippen molar-refractivity contribution in [3.05, 3.63) is 11.1 Å². The first kappa shape index (κ1) is 15.0. The topological polar surface area (TPSA) is 79.3 Å². The second-order valence-corrected chi connectivity index (χ2v) is 6.71. The molecular weight excluding hydrogens is 276 g/mol. The zero-order valence-electron chi connectivity index (χ0n) is 11.9. The fourth-order valence-electron chi connectivity index (χ4n) is 2.66. The maximum absolute atomic E-state index is 12.2. The third-order valence-corrected chi connectivity index (χ3v) is 4.57. The van der Waals surface area contributed by atoms with Crippen LogP contribution < -0.4 is 5.32 Å². The summed E-state index contributed by atoms with van der Waals surface area (Å²) >= 11 is 1.38. The summed E-state index contributed by atoms with van der Waals surface area (Å²) in [5.41, 5.74) is 0.944. The summed E-state index contributed by atoms with van der Waals surface area (Å²) in [5, 5.41) is 14.5. The summed E-state index contributed by atoms with van der Waals surface area (Å²) in [7, 11) is 0. The van der Waals surface area contributed by atoms with Crippen LogP contribution in [0.2, 0.25) is 0 Å². The number of anilines is 1. The van der Waals surface area contributed by atoms with Gasteiger partial charge < -0.3 is 10.4 Å². The average Bonchev–Trinajstić information content (AvgIpc) is 2.95.